The quantitative estimate of drug-likeness (QED) is 0.541. The van der Waals surface area contributed by atoms with Crippen molar-refractivity contribution in [2.45, 2.75) is 6.54 Å². The molecular formula is C21H20FNO5. The molecule has 0 radical (unpaired) electrons. The zero-order chi connectivity index (χ0) is 20.5. The van der Waals surface area contributed by atoms with Crippen LogP contribution in [0.5, 0.6) is 0 Å². The number of likely N-dealkylation sites (N-methyl/N-ethyl adjacent to an activating group) is 1. The maximum atomic E-state index is 13.6. The van der Waals surface area contributed by atoms with Crippen LogP contribution in [-0.4, -0.2) is 43.5 Å². The first-order valence-electron chi connectivity index (χ1n) is 8.41. The van der Waals surface area contributed by atoms with Crippen LogP contribution in [0.4, 0.5) is 4.39 Å². The summed E-state index contributed by atoms with van der Waals surface area (Å²) < 4.78 is 23.1. The first-order valence-corrected chi connectivity index (χ1v) is 8.41. The first kappa shape index (κ1) is 20.8. The second kappa shape index (κ2) is 10.0. The lowest BCUT2D eigenvalue weighted by atomic mass is 10.1. The third-order valence-electron chi connectivity index (χ3n) is 3.87. The molecule has 7 heteroatoms. The third kappa shape index (κ3) is 6.05. The number of benzene rings is 2. The van der Waals surface area contributed by atoms with Crippen LogP contribution in [0.1, 0.15) is 21.5 Å². The van der Waals surface area contributed by atoms with Crippen molar-refractivity contribution in [1.82, 2.24) is 4.90 Å². The number of nitrogens with zero attached hydrogens (tertiary/aromatic N) is 1. The minimum Gasteiger partial charge on any atom is -0.465 e. The van der Waals surface area contributed by atoms with Gasteiger partial charge in [0, 0.05) is 25.2 Å². The van der Waals surface area contributed by atoms with E-state index < -0.39 is 30.3 Å². The Labute approximate surface area is 162 Å². The Morgan fingerprint density at radius 2 is 1.75 bits per heavy atom. The van der Waals surface area contributed by atoms with E-state index in [-0.39, 0.29) is 6.54 Å². The van der Waals surface area contributed by atoms with Crippen LogP contribution in [-0.2, 0) is 25.6 Å². The van der Waals surface area contributed by atoms with Gasteiger partial charge in [-0.05, 0) is 29.8 Å². The summed E-state index contributed by atoms with van der Waals surface area (Å²) in [6, 6.07) is 12.6. The molecule has 0 fully saturated rings. The Morgan fingerprint density at radius 1 is 1.07 bits per heavy atom. The van der Waals surface area contributed by atoms with E-state index in [0.29, 0.717) is 16.7 Å². The van der Waals surface area contributed by atoms with Crippen molar-refractivity contribution in [3.05, 3.63) is 77.1 Å². The predicted octanol–water partition coefficient (Wildman–Crippen LogP) is 2.83. The van der Waals surface area contributed by atoms with Gasteiger partial charge in [-0.2, -0.15) is 0 Å². The normalized spacial score (nSPS) is 10.5. The van der Waals surface area contributed by atoms with Gasteiger partial charge in [0.1, 0.15) is 5.82 Å². The zero-order valence-electron chi connectivity index (χ0n) is 15.6. The highest BCUT2D eigenvalue weighted by atomic mass is 19.1. The number of rotatable bonds is 7. The molecule has 0 unspecified atom stereocenters. The number of carbonyl (C=O) groups excluding carboxylic acids is 3. The van der Waals surface area contributed by atoms with Crippen molar-refractivity contribution in [2.75, 3.05) is 20.8 Å². The molecule has 0 N–H and O–H groups in total. The molecule has 1 amide bonds. The smallest absolute Gasteiger partial charge is 0.337 e. The number of esters is 2. The molecule has 0 spiro atoms. The number of hydrogen-bond donors (Lipinski definition) is 0. The van der Waals surface area contributed by atoms with Crippen molar-refractivity contribution in [3.8, 4) is 0 Å². The fraction of sp³-hybridized carbons (Fsp3) is 0.190. The summed E-state index contributed by atoms with van der Waals surface area (Å²) >= 11 is 0. The predicted molar refractivity (Wildman–Crippen MR) is 101 cm³/mol. The summed E-state index contributed by atoms with van der Waals surface area (Å²) in [5, 5.41) is 0. The maximum Gasteiger partial charge on any atom is 0.337 e. The summed E-state index contributed by atoms with van der Waals surface area (Å²) in [6.07, 6.45) is 2.67. The maximum absolute atomic E-state index is 13.6. The highest BCUT2D eigenvalue weighted by molar-refractivity contribution is 5.91. The molecular weight excluding hydrogens is 365 g/mol. The Balaban J connectivity index is 1.82. The zero-order valence-corrected chi connectivity index (χ0v) is 15.6. The van der Waals surface area contributed by atoms with Gasteiger partial charge in [0.15, 0.2) is 6.61 Å². The summed E-state index contributed by atoms with van der Waals surface area (Å²) in [4.78, 5) is 36.4. The van der Waals surface area contributed by atoms with E-state index in [0.717, 1.165) is 0 Å². The number of ether oxygens (including phenoxy) is 2. The molecule has 0 aliphatic carbocycles. The Hall–Kier alpha value is -3.48. The van der Waals surface area contributed by atoms with Crippen molar-refractivity contribution >= 4 is 23.9 Å². The number of halogens is 1. The Morgan fingerprint density at radius 3 is 2.39 bits per heavy atom. The average molecular weight is 385 g/mol. The lowest BCUT2D eigenvalue weighted by Crippen LogP contribution is -2.30. The number of hydrogen-bond acceptors (Lipinski definition) is 5. The van der Waals surface area contributed by atoms with Crippen molar-refractivity contribution < 1.29 is 28.2 Å². The van der Waals surface area contributed by atoms with E-state index in [1.165, 1.54) is 37.3 Å². The molecule has 0 saturated carbocycles. The van der Waals surface area contributed by atoms with E-state index in [9.17, 15) is 18.8 Å². The highest BCUT2D eigenvalue weighted by Crippen LogP contribution is 2.09. The minimum absolute atomic E-state index is 0.0748. The molecule has 2 aromatic carbocycles. The number of methoxy groups -OCH3 is 1. The molecule has 2 rings (SSSR count). The molecule has 0 atom stereocenters. The lowest BCUT2D eigenvalue weighted by Gasteiger charge is -2.17. The van der Waals surface area contributed by atoms with E-state index in [2.05, 4.69) is 4.74 Å². The Bertz CT molecular complexity index is 877. The number of carbonyl (C=O) groups is 3. The second-order valence-electron chi connectivity index (χ2n) is 5.90. The molecule has 0 saturated heterocycles. The first-order chi connectivity index (χ1) is 13.4. The molecule has 6 nitrogen and oxygen atoms in total. The highest BCUT2D eigenvalue weighted by Gasteiger charge is 2.13. The molecule has 0 bridgehead atoms. The summed E-state index contributed by atoms with van der Waals surface area (Å²) in [7, 11) is 2.79. The molecule has 0 aliphatic rings. The molecule has 0 aromatic heterocycles. The summed E-state index contributed by atoms with van der Waals surface area (Å²) in [5.41, 5.74) is 1.44. The second-order valence-corrected chi connectivity index (χ2v) is 5.90. The van der Waals surface area contributed by atoms with Crippen LogP contribution in [0.15, 0.2) is 54.6 Å². The third-order valence-corrected chi connectivity index (χ3v) is 3.87. The van der Waals surface area contributed by atoms with Crippen molar-refractivity contribution in [2.24, 2.45) is 0 Å². The van der Waals surface area contributed by atoms with Crippen LogP contribution >= 0.6 is 0 Å². The van der Waals surface area contributed by atoms with Crippen LogP contribution < -0.4 is 0 Å². The van der Waals surface area contributed by atoms with Gasteiger partial charge in [0.25, 0.3) is 5.91 Å². The molecule has 2 aromatic rings. The topological polar surface area (TPSA) is 72.9 Å². The summed E-state index contributed by atoms with van der Waals surface area (Å²) in [5.74, 6) is -2.00. The van der Waals surface area contributed by atoms with Gasteiger partial charge in [0.05, 0.1) is 12.7 Å². The van der Waals surface area contributed by atoms with E-state index in [1.807, 2.05) is 0 Å². The fourth-order valence-electron chi connectivity index (χ4n) is 2.27. The molecule has 146 valence electrons. The number of amides is 1. The largest absolute Gasteiger partial charge is 0.465 e. The van der Waals surface area contributed by atoms with Crippen LogP contribution in [0, 0.1) is 5.82 Å². The molecule has 0 aliphatic heterocycles. The van der Waals surface area contributed by atoms with Crippen molar-refractivity contribution in [3.63, 3.8) is 0 Å². The van der Waals surface area contributed by atoms with Gasteiger partial charge in [-0.3, -0.25) is 4.79 Å². The molecule has 28 heavy (non-hydrogen) atoms. The monoisotopic (exact) mass is 385 g/mol. The van der Waals surface area contributed by atoms with Gasteiger partial charge >= 0.3 is 11.9 Å². The standard InChI is InChI=1S/C21H20FNO5/c1-23(13-17-5-3-4-6-18(17)22)19(24)14-28-20(25)12-9-15-7-10-16(11-8-15)21(26)27-2/h3-12H,13-14H2,1-2H3/b12-9+. The van der Waals surface area contributed by atoms with E-state index in [4.69, 9.17) is 4.74 Å². The SMILES string of the molecule is COC(=O)c1ccc(/C=C/C(=O)OCC(=O)N(C)Cc2ccccc2F)cc1. The van der Waals surface area contributed by atoms with Crippen LogP contribution in [0.2, 0.25) is 0 Å². The average Bonchev–Trinajstić information content (AvgIpc) is 2.71. The minimum atomic E-state index is -0.690. The van der Waals surface area contributed by atoms with Gasteiger partial charge in [-0.25, -0.2) is 14.0 Å². The Kier molecular flexibility index (Phi) is 7.45. The van der Waals surface area contributed by atoms with Crippen molar-refractivity contribution in [1.29, 1.82) is 0 Å². The lowest BCUT2D eigenvalue weighted by molar-refractivity contribution is -0.147. The fourth-order valence-corrected chi connectivity index (χ4v) is 2.27. The van der Waals surface area contributed by atoms with Crippen LogP contribution in [0.25, 0.3) is 6.08 Å². The van der Waals surface area contributed by atoms with Gasteiger partial charge in [-0.1, -0.05) is 30.3 Å². The van der Waals surface area contributed by atoms with E-state index in [1.54, 1.807) is 42.5 Å². The van der Waals surface area contributed by atoms with Crippen LogP contribution in [0.3, 0.4) is 0 Å². The summed E-state index contributed by atoms with van der Waals surface area (Å²) in [6.45, 7) is -0.374. The van der Waals surface area contributed by atoms with Gasteiger partial charge in [0.2, 0.25) is 0 Å². The van der Waals surface area contributed by atoms with Gasteiger partial charge in [-0.15, -0.1) is 0 Å². The molecule has 0 heterocycles. The van der Waals surface area contributed by atoms with E-state index >= 15 is 0 Å². The van der Waals surface area contributed by atoms with Gasteiger partial charge < -0.3 is 14.4 Å².